The number of anilines is 1. The second kappa shape index (κ2) is 6.05. The first-order valence-corrected chi connectivity index (χ1v) is 6.18. The van der Waals surface area contributed by atoms with Gasteiger partial charge in [-0.15, -0.1) is 10.2 Å². The van der Waals surface area contributed by atoms with Gasteiger partial charge in [-0.05, 0) is 25.0 Å². The van der Waals surface area contributed by atoms with E-state index >= 15 is 0 Å². The molecule has 0 aliphatic heterocycles. The molecule has 0 atom stereocenters. The molecule has 0 radical (unpaired) electrons. The van der Waals surface area contributed by atoms with E-state index in [1.54, 1.807) is 11.7 Å². The maximum Gasteiger partial charge on any atom is 0.226 e. The molecule has 0 bridgehead atoms. The molecule has 0 aliphatic carbocycles. The Kier molecular flexibility index (Phi) is 4.15. The standard InChI is InChI=1S/C11H12N4OS/c16-10(14-11-15-13-8-17-11)6-3-5-9-4-1-2-7-12-9/h1-2,4,7-8H,3,5-6H2,(H,14,15,16). The molecule has 2 heterocycles. The molecule has 1 N–H and O–H groups in total. The van der Waals surface area contributed by atoms with Gasteiger partial charge in [-0.25, -0.2) is 0 Å². The molecule has 0 aromatic carbocycles. The summed E-state index contributed by atoms with van der Waals surface area (Å²) in [6.07, 6.45) is 3.82. The quantitative estimate of drug-likeness (QED) is 0.877. The topological polar surface area (TPSA) is 67.8 Å². The summed E-state index contributed by atoms with van der Waals surface area (Å²) in [5.41, 5.74) is 2.60. The van der Waals surface area contributed by atoms with E-state index in [9.17, 15) is 4.79 Å². The van der Waals surface area contributed by atoms with Crippen LogP contribution in [0.2, 0.25) is 0 Å². The number of amides is 1. The summed E-state index contributed by atoms with van der Waals surface area (Å²) in [6, 6.07) is 5.79. The Morgan fingerprint density at radius 1 is 1.41 bits per heavy atom. The van der Waals surface area contributed by atoms with Crippen molar-refractivity contribution in [3.8, 4) is 0 Å². The Balaban J connectivity index is 1.70. The Bertz CT molecular complexity index is 458. The third-order valence-electron chi connectivity index (χ3n) is 2.17. The third-order valence-corrected chi connectivity index (χ3v) is 2.78. The van der Waals surface area contributed by atoms with Crippen molar-refractivity contribution in [2.75, 3.05) is 5.32 Å². The smallest absolute Gasteiger partial charge is 0.226 e. The van der Waals surface area contributed by atoms with E-state index in [4.69, 9.17) is 0 Å². The zero-order valence-electron chi connectivity index (χ0n) is 9.17. The summed E-state index contributed by atoms with van der Waals surface area (Å²) >= 11 is 1.31. The molecule has 5 nitrogen and oxygen atoms in total. The van der Waals surface area contributed by atoms with Crippen LogP contribution < -0.4 is 5.32 Å². The van der Waals surface area contributed by atoms with Gasteiger partial charge in [-0.3, -0.25) is 9.78 Å². The first kappa shape index (κ1) is 11.7. The number of rotatable bonds is 5. The van der Waals surface area contributed by atoms with Gasteiger partial charge < -0.3 is 5.32 Å². The molecule has 0 saturated carbocycles. The highest BCUT2D eigenvalue weighted by Crippen LogP contribution is 2.09. The minimum atomic E-state index is -0.0299. The normalized spacial score (nSPS) is 10.1. The molecule has 0 saturated heterocycles. The van der Waals surface area contributed by atoms with Gasteiger partial charge in [0, 0.05) is 18.3 Å². The lowest BCUT2D eigenvalue weighted by Crippen LogP contribution is -2.11. The van der Waals surface area contributed by atoms with Crippen molar-refractivity contribution >= 4 is 22.4 Å². The number of nitrogens with one attached hydrogen (secondary N) is 1. The van der Waals surface area contributed by atoms with Crippen LogP contribution in [0.25, 0.3) is 0 Å². The van der Waals surface area contributed by atoms with Crippen LogP contribution in [0.1, 0.15) is 18.5 Å². The van der Waals surface area contributed by atoms with Gasteiger partial charge in [0.1, 0.15) is 5.51 Å². The van der Waals surface area contributed by atoms with E-state index in [0.717, 1.165) is 18.5 Å². The van der Waals surface area contributed by atoms with E-state index in [2.05, 4.69) is 20.5 Å². The average molecular weight is 248 g/mol. The highest BCUT2D eigenvalue weighted by molar-refractivity contribution is 7.13. The molecule has 88 valence electrons. The van der Waals surface area contributed by atoms with Gasteiger partial charge in [0.05, 0.1) is 0 Å². The summed E-state index contributed by atoms with van der Waals surface area (Å²) in [5.74, 6) is -0.0299. The second-order valence-corrected chi connectivity index (χ2v) is 4.30. The summed E-state index contributed by atoms with van der Waals surface area (Å²) in [7, 11) is 0. The number of pyridine rings is 1. The highest BCUT2D eigenvalue weighted by Gasteiger charge is 2.04. The van der Waals surface area contributed by atoms with Crippen molar-refractivity contribution in [2.24, 2.45) is 0 Å². The number of hydrogen-bond acceptors (Lipinski definition) is 5. The number of carbonyl (C=O) groups excluding carboxylic acids is 1. The van der Waals surface area contributed by atoms with E-state index in [1.807, 2.05) is 18.2 Å². The van der Waals surface area contributed by atoms with Crippen LogP contribution >= 0.6 is 11.3 Å². The maximum absolute atomic E-state index is 11.5. The predicted molar refractivity (Wildman–Crippen MR) is 65.7 cm³/mol. The number of aromatic nitrogens is 3. The first-order valence-electron chi connectivity index (χ1n) is 5.30. The van der Waals surface area contributed by atoms with Crippen molar-refractivity contribution in [3.05, 3.63) is 35.6 Å². The SMILES string of the molecule is O=C(CCCc1ccccn1)Nc1nncs1. The molecule has 0 spiro atoms. The molecule has 0 aliphatic rings. The fourth-order valence-electron chi connectivity index (χ4n) is 1.39. The summed E-state index contributed by atoms with van der Waals surface area (Å²) in [5, 5.41) is 10.6. The van der Waals surface area contributed by atoms with Crippen LogP contribution in [0.4, 0.5) is 5.13 Å². The lowest BCUT2D eigenvalue weighted by atomic mass is 10.2. The Morgan fingerprint density at radius 3 is 3.06 bits per heavy atom. The summed E-state index contributed by atoms with van der Waals surface area (Å²) in [4.78, 5) is 15.7. The largest absolute Gasteiger partial charge is 0.301 e. The van der Waals surface area contributed by atoms with Crippen molar-refractivity contribution in [3.63, 3.8) is 0 Å². The van der Waals surface area contributed by atoms with Gasteiger partial charge in [0.25, 0.3) is 0 Å². The molecule has 0 fully saturated rings. The Morgan fingerprint density at radius 2 is 2.35 bits per heavy atom. The van der Waals surface area contributed by atoms with Crippen LogP contribution in [-0.2, 0) is 11.2 Å². The summed E-state index contributed by atoms with van der Waals surface area (Å²) in [6.45, 7) is 0. The molecule has 6 heteroatoms. The van der Waals surface area contributed by atoms with Crippen molar-refractivity contribution in [1.82, 2.24) is 15.2 Å². The number of carbonyl (C=O) groups is 1. The maximum atomic E-state index is 11.5. The number of aryl methyl sites for hydroxylation is 1. The highest BCUT2D eigenvalue weighted by atomic mass is 32.1. The minimum absolute atomic E-state index is 0.0299. The second-order valence-electron chi connectivity index (χ2n) is 3.47. The van der Waals surface area contributed by atoms with Crippen molar-refractivity contribution in [2.45, 2.75) is 19.3 Å². The van der Waals surface area contributed by atoms with Crippen LogP contribution in [0.5, 0.6) is 0 Å². The monoisotopic (exact) mass is 248 g/mol. The first-order chi connectivity index (χ1) is 8.34. The van der Waals surface area contributed by atoms with Gasteiger partial charge in [-0.1, -0.05) is 17.4 Å². The number of nitrogens with zero attached hydrogens (tertiary/aromatic N) is 3. The minimum Gasteiger partial charge on any atom is -0.301 e. The molecular formula is C11H12N4OS. The molecule has 17 heavy (non-hydrogen) atoms. The van der Waals surface area contributed by atoms with Gasteiger partial charge >= 0.3 is 0 Å². The zero-order valence-corrected chi connectivity index (χ0v) is 9.98. The lowest BCUT2D eigenvalue weighted by Gasteiger charge is -2.01. The van der Waals surface area contributed by atoms with Gasteiger partial charge in [0.2, 0.25) is 11.0 Å². The van der Waals surface area contributed by atoms with Crippen molar-refractivity contribution < 1.29 is 4.79 Å². The van der Waals surface area contributed by atoms with Gasteiger partial charge in [-0.2, -0.15) is 0 Å². The van der Waals surface area contributed by atoms with E-state index in [-0.39, 0.29) is 5.91 Å². The molecule has 1 amide bonds. The van der Waals surface area contributed by atoms with Crippen LogP contribution in [-0.4, -0.2) is 21.1 Å². The predicted octanol–water partition coefficient (Wildman–Crippen LogP) is 1.89. The van der Waals surface area contributed by atoms with E-state index < -0.39 is 0 Å². The molecular weight excluding hydrogens is 236 g/mol. The van der Waals surface area contributed by atoms with E-state index in [1.165, 1.54) is 11.3 Å². The van der Waals surface area contributed by atoms with Gasteiger partial charge in [0.15, 0.2) is 0 Å². The molecule has 2 aromatic rings. The molecule has 0 unspecified atom stereocenters. The fraction of sp³-hybridized carbons (Fsp3) is 0.273. The summed E-state index contributed by atoms with van der Waals surface area (Å²) < 4.78 is 0. The van der Waals surface area contributed by atoms with Crippen LogP contribution in [0.3, 0.4) is 0 Å². The molecule has 2 rings (SSSR count). The van der Waals surface area contributed by atoms with Crippen molar-refractivity contribution in [1.29, 1.82) is 0 Å². The lowest BCUT2D eigenvalue weighted by molar-refractivity contribution is -0.116. The third kappa shape index (κ3) is 3.92. The fourth-order valence-corrected chi connectivity index (χ4v) is 1.85. The average Bonchev–Trinajstić information content (AvgIpc) is 2.83. The van der Waals surface area contributed by atoms with E-state index in [0.29, 0.717) is 11.6 Å². The Labute approximate surface area is 103 Å². The Hall–Kier alpha value is -1.82. The van der Waals surface area contributed by atoms with Crippen LogP contribution in [0.15, 0.2) is 29.9 Å². The zero-order chi connectivity index (χ0) is 11.9. The number of hydrogen-bond donors (Lipinski definition) is 1. The van der Waals surface area contributed by atoms with Crippen LogP contribution in [0, 0.1) is 0 Å². The molecule has 2 aromatic heterocycles.